The molecule has 1 aliphatic rings. The molecule has 0 radical (unpaired) electrons. The first-order chi connectivity index (χ1) is 8.20. The van der Waals surface area contributed by atoms with E-state index in [1.165, 1.54) is 9.75 Å². The number of carboxylic acid groups (broad SMARTS) is 1. The fraction of sp³-hybridized carbons (Fsp3) is 0.500. The van der Waals surface area contributed by atoms with Crippen molar-refractivity contribution in [3.8, 4) is 0 Å². The number of rotatable bonds is 4. The number of carbonyl (C=O) groups is 1. The standard InChI is InChI=1S/C12H15NO3S/c14-12(15)6-1-3-8-7-9-10(13-16)4-2-5-11(9)17-8/h7,16H,1-6H2,(H,14,15)/b13-10+. The molecule has 0 aliphatic heterocycles. The van der Waals surface area contributed by atoms with Crippen LogP contribution in [-0.2, 0) is 17.6 Å². The molecule has 0 saturated carbocycles. The summed E-state index contributed by atoms with van der Waals surface area (Å²) < 4.78 is 0. The van der Waals surface area contributed by atoms with Crippen molar-refractivity contribution in [2.75, 3.05) is 0 Å². The molecule has 0 unspecified atom stereocenters. The van der Waals surface area contributed by atoms with Crippen LogP contribution in [-0.4, -0.2) is 22.0 Å². The number of aryl methyl sites for hydroxylation is 2. The summed E-state index contributed by atoms with van der Waals surface area (Å²) in [6.07, 6.45) is 4.57. The number of hydrogen-bond acceptors (Lipinski definition) is 4. The second-order valence-electron chi connectivity index (χ2n) is 4.20. The number of oxime groups is 1. The van der Waals surface area contributed by atoms with Gasteiger partial charge in [-0.3, -0.25) is 4.79 Å². The molecule has 0 amide bonds. The molecule has 1 aromatic heterocycles. The Kier molecular flexibility index (Phi) is 3.78. The summed E-state index contributed by atoms with van der Waals surface area (Å²) in [5.74, 6) is -0.746. The average Bonchev–Trinajstić information content (AvgIpc) is 2.70. The summed E-state index contributed by atoms with van der Waals surface area (Å²) in [6.45, 7) is 0. The summed E-state index contributed by atoms with van der Waals surface area (Å²) in [6, 6.07) is 2.05. The van der Waals surface area contributed by atoms with Crippen LogP contribution in [0.25, 0.3) is 0 Å². The van der Waals surface area contributed by atoms with E-state index >= 15 is 0 Å². The highest BCUT2D eigenvalue weighted by Gasteiger charge is 2.19. The Morgan fingerprint density at radius 2 is 2.29 bits per heavy atom. The van der Waals surface area contributed by atoms with E-state index < -0.39 is 5.97 Å². The Morgan fingerprint density at radius 1 is 1.47 bits per heavy atom. The van der Waals surface area contributed by atoms with Crippen molar-refractivity contribution >= 4 is 23.0 Å². The van der Waals surface area contributed by atoms with Crippen molar-refractivity contribution in [1.82, 2.24) is 0 Å². The second-order valence-corrected chi connectivity index (χ2v) is 5.42. The van der Waals surface area contributed by atoms with Crippen molar-refractivity contribution < 1.29 is 15.1 Å². The minimum Gasteiger partial charge on any atom is -0.481 e. The molecular formula is C12H15NO3S. The zero-order valence-corrected chi connectivity index (χ0v) is 10.3. The first kappa shape index (κ1) is 12.1. The lowest BCUT2D eigenvalue weighted by Gasteiger charge is -2.10. The molecule has 17 heavy (non-hydrogen) atoms. The molecule has 5 heteroatoms. The zero-order valence-electron chi connectivity index (χ0n) is 9.48. The van der Waals surface area contributed by atoms with Gasteiger partial charge in [0.2, 0.25) is 0 Å². The van der Waals surface area contributed by atoms with Gasteiger partial charge in [-0.05, 0) is 38.2 Å². The van der Waals surface area contributed by atoms with Gasteiger partial charge in [-0.2, -0.15) is 0 Å². The Labute approximate surface area is 104 Å². The van der Waals surface area contributed by atoms with E-state index in [4.69, 9.17) is 10.3 Å². The third-order valence-electron chi connectivity index (χ3n) is 2.92. The molecule has 0 bridgehead atoms. The van der Waals surface area contributed by atoms with Crippen LogP contribution >= 0.6 is 11.3 Å². The quantitative estimate of drug-likeness (QED) is 0.640. The summed E-state index contributed by atoms with van der Waals surface area (Å²) >= 11 is 1.72. The minimum atomic E-state index is -0.746. The smallest absolute Gasteiger partial charge is 0.303 e. The number of aliphatic carboxylic acids is 1. The van der Waals surface area contributed by atoms with Crippen molar-refractivity contribution in [3.63, 3.8) is 0 Å². The zero-order chi connectivity index (χ0) is 12.3. The lowest BCUT2D eigenvalue weighted by Crippen LogP contribution is -2.08. The van der Waals surface area contributed by atoms with E-state index in [0.717, 1.165) is 37.0 Å². The van der Waals surface area contributed by atoms with Gasteiger partial charge in [-0.25, -0.2) is 0 Å². The Bertz CT molecular complexity index is 451. The van der Waals surface area contributed by atoms with Crippen LogP contribution in [0.15, 0.2) is 11.2 Å². The number of thiophene rings is 1. The molecular weight excluding hydrogens is 238 g/mol. The summed E-state index contributed by atoms with van der Waals surface area (Å²) in [5.41, 5.74) is 1.83. The highest BCUT2D eigenvalue weighted by atomic mass is 32.1. The third-order valence-corrected chi connectivity index (χ3v) is 4.18. The van der Waals surface area contributed by atoms with Crippen LogP contribution in [0.2, 0.25) is 0 Å². The maximum atomic E-state index is 10.4. The number of hydrogen-bond donors (Lipinski definition) is 2. The highest BCUT2D eigenvalue weighted by Crippen LogP contribution is 2.30. The summed E-state index contributed by atoms with van der Waals surface area (Å²) in [5, 5.41) is 20.8. The van der Waals surface area contributed by atoms with Crippen LogP contribution in [0, 0.1) is 0 Å². The molecule has 0 aromatic carbocycles. The van der Waals surface area contributed by atoms with Crippen LogP contribution < -0.4 is 0 Å². The van der Waals surface area contributed by atoms with Gasteiger partial charge in [0, 0.05) is 21.7 Å². The van der Waals surface area contributed by atoms with Gasteiger partial charge < -0.3 is 10.3 Å². The molecule has 0 saturated heterocycles. The second kappa shape index (κ2) is 5.31. The predicted molar refractivity (Wildman–Crippen MR) is 66.2 cm³/mol. The molecule has 1 aromatic rings. The normalized spacial score (nSPS) is 17.1. The van der Waals surface area contributed by atoms with Gasteiger partial charge in [-0.1, -0.05) is 5.16 Å². The molecule has 92 valence electrons. The fourth-order valence-electron chi connectivity index (χ4n) is 2.11. The van der Waals surface area contributed by atoms with Crippen molar-refractivity contribution in [2.24, 2.45) is 5.16 Å². The van der Waals surface area contributed by atoms with Gasteiger partial charge >= 0.3 is 5.97 Å². The van der Waals surface area contributed by atoms with E-state index in [9.17, 15) is 4.79 Å². The minimum absolute atomic E-state index is 0.212. The van der Waals surface area contributed by atoms with E-state index in [1.807, 2.05) is 0 Å². The molecule has 0 fully saturated rings. The molecule has 1 aliphatic carbocycles. The van der Waals surface area contributed by atoms with Gasteiger partial charge in [0.25, 0.3) is 0 Å². The first-order valence-corrected chi connectivity index (χ1v) is 6.57. The summed E-state index contributed by atoms with van der Waals surface area (Å²) in [4.78, 5) is 12.9. The number of carboxylic acids is 1. The van der Waals surface area contributed by atoms with E-state index in [1.54, 1.807) is 11.3 Å². The monoisotopic (exact) mass is 253 g/mol. The molecule has 2 rings (SSSR count). The summed E-state index contributed by atoms with van der Waals surface area (Å²) in [7, 11) is 0. The van der Waals surface area contributed by atoms with Crippen molar-refractivity contribution in [1.29, 1.82) is 0 Å². The SMILES string of the molecule is O=C(O)CCCc1cc2c(s1)CCC/C2=N\O. The highest BCUT2D eigenvalue weighted by molar-refractivity contribution is 7.12. The number of nitrogens with zero attached hydrogens (tertiary/aromatic N) is 1. The molecule has 1 heterocycles. The van der Waals surface area contributed by atoms with Gasteiger partial charge in [-0.15, -0.1) is 11.3 Å². The lowest BCUT2D eigenvalue weighted by molar-refractivity contribution is -0.137. The topological polar surface area (TPSA) is 69.9 Å². The molecule has 0 atom stereocenters. The molecule has 4 nitrogen and oxygen atoms in total. The fourth-order valence-corrected chi connectivity index (χ4v) is 3.38. The van der Waals surface area contributed by atoms with Gasteiger partial charge in [0.05, 0.1) is 5.71 Å². The van der Waals surface area contributed by atoms with Crippen LogP contribution in [0.4, 0.5) is 0 Å². The van der Waals surface area contributed by atoms with E-state index in [-0.39, 0.29) is 6.42 Å². The van der Waals surface area contributed by atoms with Gasteiger partial charge in [0.1, 0.15) is 0 Å². The Balaban J connectivity index is 2.06. The number of fused-ring (bicyclic) bond motifs is 1. The van der Waals surface area contributed by atoms with Crippen molar-refractivity contribution in [3.05, 3.63) is 21.4 Å². The first-order valence-electron chi connectivity index (χ1n) is 5.75. The largest absolute Gasteiger partial charge is 0.481 e. The molecule has 0 spiro atoms. The average molecular weight is 253 g/mol. The van der Waals surface area contributed by atoms with Crippen LogP contribution in [0.3, 0.4) is 0 Å². The van der Waals surface area contributed by atoms with Crippen LogP contribution in [0.1, 0.15) is 41.0 Å². The third kappa shape index (κ3) is 2.85. The van der Waals surface area contributed by atoms with E-state index in [2.05, 4.69) is 11.2 Å². The van der Waals surface area contributed by atoms with Crippen LogP contribution in [0.5, 0.6) is 0 Å². The maximum Gasteiger partial charge on any atom is 0.303 e. The maximum absolute atomic E-state index is 10.4. The van der Waals surface area contributed by atoms with Crippen molar-refractivity contribution in [2.45, 2.75) is 38.5 Å². The van der Waals surface area contributed by atoms with E-state index in [0.29, 0.717) is 6.42 Å². The predicted octanol–water partition coefficient (Wildman–Crippen LogP) is 2.67. The lowest BCUT2D eigenvalue weighted by atomic mass is 9.97. The van der Waals surface area contributed by atoms with Gasteiger partial charge in [0.15, 0.2) is 0 Å². The molecule has 2 N–H and O–H groups in total. The Hall–Kier alpha value is -1.36. The Morgan fingerprint density at radius 3 is 3.00 bits per heavy atom.